The van der Waals surface area contributed by atoms with Gasteiger partial charge in [0.1, 0.15) is 0 Å². The van der Waals surface area contributed by atoms with Crippen molar-refractivity contribution in [2.75, 3.05) is 20.6 Å². The molecule has 0 aliphatic rings. The largest absolute Gasteiger partial charge is 0.392 e. The van der Waals surface area contributed by atoms with Crippen LogP contribution in [0.1, 0.15) is 40.5 Å². The summed E-state index contributed by atoms with van der Waals surface area (Å²) in [6.45, 7) is 8.77. The monoisotopic (exact) mass is 244 g/mol. The van der Waals surface area contributed by atoms with Crippen molar-refractivity contribution < 1.29 is 9.90 Å². The Morgan fingerprint density at radius 2 is 1.65 bits per heavy atom. The van der Waals surface area contributed by atoms with E-state index < -0.39 is 6.10 Å². The molecule has 0 rings (SSSR count). The zero-order chi connectivity index (χ0) is 13.6. The van der Waals surface area contributed by atoms with Crippen molar-refractivity contribution in [2.45, 2.75) is 58.7 Å². The molecule has 0 aliphatic carbocycles. The summed E-state index contributed by atoms with van der Waals surface area (Å²) in [5, 5.41) is 9.83. The van der Waals surface area contributed by atoms with Gasteiger partial charge in [0.2, 0.25) is 5.91 Å². The molecule has 1 unspecified atom stereocenters. The van der Waals surface area contributed by atoms with Gasteiger partial charge < -0.3 is 14.9 Å². The Kier molecular flexibility index (Phi) is 7.39. The molecule has 0 aromatic heterocycles. The van der Waals surface area contributed by atoms with Crippen LogP contribution >= 0.6 is 0 Å². The number of nitrogens with zero attached hydrogens (tertiary/aromatic N) is 2. The Bertz CT molecular complexity index is 229. The molecule has 1 amide bonds. The maximum atomic E-state index is 11.7. The second-order valence-corrected chi connectivity index (χ2v) is 5.32. The Balaban J connectivity index is 3.92. The van der Waals surface area contributed by atoms with Gasteiger partial charge in [-0.3, -0.25) is 4.79 Å². The first kappa shape index (κ1) is 16.4. The highest BCUT2D eigenvalue weighted by Crippen LogP contribution is 2.05. The Morgan fingerprint density at radius 1 is 1.12 bits per heavy atom. The van der Waals surface area contributed by atoms with Crippen molar-refractivity contribution >= 4 is 5.91 Å². The molecular formula is C13H28N2O2. The highest BCUT2D eigenvalue weighted by atomic mass is 16.3. The second-order valence-electron chi connectivity index (χ2n) is 5.32. The van der Waals surface area contributed by atoms with E-state index in [2.05, 4.69) is 18.7 Å². The lowest BCUT2D eigenvalue weighted by Crippen LogP contribution is -2.36. The van der Waals surface area contributed by atoms with Crippen LogP contribution in [0.5, 0.6) is 0 Å². The Hall–Kier alpha value is -0.610. The highest BCUT2D eigenvalue weighted by molar-refractivity contribution is 5.76. The van der Waals surface area contributed by atoms with Crippen molar-refractivity contribution in [1.29, 1.82) is 0 Å². The van der Waals surface area contributed by atoms with Crippen molar-refractivity contribution in [3.8, 4) is 0 Å². The fourth-order valence-corrected chi connectivity index (χ4v) is 1.39. The summed E-state index contributed by atoms with van der Waals surface area (Å²) in [7, 11) is 3.79. The predicted octanol–water partition coefficient (Wildman–Crippen LogP) is 1.33. The van der Waals surface area contributed by atoms with Gasteiger partial charge in [0.25, 0.3) is 0 Å². The molecule has 0 aromatic carbocycles. The molecule has 0 saturated heterocycles. The van der Waals surface area contributed by atoms with Crippen LogP contribution in [-0.4, -0.2) is 59.6 Å². The molecule has 17 heavy (non-hydrogen) atoms. The minimum atomic E-state index is -0.424. The number of hydrogen-bond donors (Lipinski definition) is 1. The molecule has 0 fully saturated rings. The SMILES string of the molecule is CC(C)N(C)CC(O)CCC(=O)N(C)C(C)C. The average molecular weight is 244 g/mol. The molecule has 1 atom stereocenters. The van der Waals surface area contributed by atoms with Crippen LogP contribution < -0.4 is 0 Å². The van der Waals surface area contributed by atoms with E-state index in [0.717, 1.165) is 0 Å². The molecule has 0 saturated carbocycles. The molecule has 4 heteroatoms. The molecule has 102 valence electrons. The Labute approximate surface area is 106 Å². The molecule has 0 aliphatic heterocycles. The van der Waals surface area contributed by atoms with Gasteiger partial charge in [0.15, 0.2) is 0 Å². The minimum absolute atomic E-state index is 0.103. The second kappa shape index (κ2) is 7.67. The third-order valence-corrected chi connectivity index (χ3v) is 3.24. The van der Waals surface area contributed by atoms with Gasteiger partial charge in [0.05, 0.1) is 6.10 Å². The van der Waals surface area contributed by atoms with Gasteiger partial charge in [-0.1, -0.05) is 0 Å². The number of rotatable bonds is 7. The molecule has 0 bridgehead atoms. The fourth-order valence-electron chi connectivity index (χ4n) is 1.39. The van der Waals surface area contributed by atoms with Crippen LogP contribution in [-0.2, 0) is 4.79 Å². The van der Waals surface area contributed by atoms with Crippen LogP contribution in [0.15, 0.2) is 0 Å². The molecule has 0 spiro atoms. The van der Waals surface area contributed by atoms with E-state index in [-0.39, 0.29) is 11.9 Å². The average Bonchev–Trinajstić information content (AvgIpc) is 2.24. The quantitative estimate of drug-likeness (QED) is 0.735. The number of carbonyl (C=O) groups is 1. The molecular weight excluding hydrogens is 216 g/mol. The predicted molar refractivity (Wildman–Crippen MR) is 70.9 cm³/mol. The summed E-state index contributed by atoms with van der Waals surface area (Å²) in [5.74, 6) is 0.103. The lowest BCUT2D eigenvalue weighted by Gasteiger charge is -2.25. The summed E-state index contributed by atoms with van der Waals surface area (Å²) in [4.78, 5) is 15.5. The van der Waals surface area contributed by atoms with E-state index in [1.807, 2.05) is 20.9 Å². The minimum Gasteiger partial charge on any atom is -0.392 e. The van der Waals surface area contributed by atoms with Gasteiger partial charge in [-0.15, -0.1) is 0 Å². The summed E-state index contributed by atoms with van der Waals surface area (Å²) < 4.78 is 0. The van der Waals surface area contributed by atoms with Crippen LogP contribution in [0.3, 0.4) is 0 Å². The molecule has 0 radical (unpaired) electrons. The summed E-state index contributed by atoms with van der Waals surface area (Å²) in [5.41, 5.74) is 0. The summed E-state index contributed by atoms with van der Waals surface area (Å²) in [6, 6.07) is 0.636. The van der Waals surface area contributed by atoms with E-state index in [4.69, 9.17) is 0 Å². The van der Waals surface area contributed by atoms with Gasteiger partial charge >= 0.3 is 0 Å². The zero-order valence-electron chi connectivity index (χ0n) is 12.1. The van der Waals surface area contributed by atoms with Crippen molar-refractivity contribution in [3.05, 3.63) is 0 Å². The Morgan fingerprint density at radius 3 is 2.06 bits per heavy atom. The van der Waals surface area contributed by atoms with E-state index in [1.54, 1.807) is 11.9 Å². The molecule has 1 N–H and O–H groups in total. The van der Waals surface area contributed by atoms with Gasteiger partial charge in [-0.05, 0) is 41.2 Å². The van der Waals surface area contributed by atoms with Crippen LogP contribution in [0.4, 0.5) is 0 Å². The smallest absolute Gasteiger partial charge is 0.222 e. The number of aliphatic hydroxyl groups is 1. The van der Waals surface area contributed by atoms with E-state index in [9.17, 15) is 9.90 Å². The van der Waals surface area contributed by atoms with Crippen LogP contribution in [0, 0.1) is 0 Å². The van der Waals surface area contributed by atoms with Crippen LogP contribution in [0.2, 0.25) is 0 Å². The number of hydrogen-bond acceptors (Lipinski definition) is 3. The van der Waals surface area contributed by atoms with Crippen molar-refractivity contribution in [2.24, 2.45) is 0 Å². The van der Waals surface area contributed by atoms with E-state index >= 15 is 0 Å². The molecule has 0 heterocycles. The number of likely N-dealkylation sites (N-methyl/N-ethyl adjacent to an activating group) is 1. The lowest BCUT2D eigenvalue weighted by molar-refractivity contribution is -0.132. The van der Waals surface area contributed by atoms with Gasteiger partial charge in [-0.25, -0.2) is 0 Å². The molecule has 0 aromatic rings. The van der Waals surface area contributed by atoms with Gasteiger partial charge in [-0.2, -0.15) is 0 Å². The maximum Gasteiger partial charge on any atom is 0.222 e. The third-order valence-electron chi connectivity index (χ3n) is 3.24. The number of amides is 1. The zero-order valence-corrected chi connectivity index (χ0v) is 12.1. The standard InChI is InChI=1S/C13H28N2O2/c1-10(2)14(5)9-12(16)7-8-13(17)15(6)11(3)4/h10-12,16H,7-9H2,1-6H3. The van der Waals surface area contributed by atoms with Crippen molar-refractivity contribution in [1.82, 2.24) is 9.80 Å². The highest BCUT2D eigenvalue weighted by Gasteiger charge is 2.15. The molecule has 4 nitrogen and oxygen atoms in total. The first-order valence-corrected chi connectivity index (χ1v) is 6.39. The number of aliphatic hydroxyl groups excluding tert-OH is 1. The summed E-state index contributed by atoms with van der Waals surface area (Å²) in [6.07, 6.45) is 0.529. The number of carbonyl (C=O) groups excluding carboxylic acids is 1. The van der Waals surface area contributed by atoms with Crippen molar-refractivity contribution in [3.63, 3.8) is 0 Å². The normalized spacial score (nSPS) is 13.5. The third kappa shape index (κ3) is 6.64. The van der Waals surface area contributed by atoms with E-state index in [0.29, 0.717) is 25.4 Å². The van der Waals surface area contributed by atoms with E-state index in [1.165, 1.54) is 0 Å². The van der Waals surface area contributed by atoms with Gasteiger partial charge in [0, 0.05) is 32.1 Å². The maximum absolute atomic E-state index is 11.7. The first-order chi connectivity index (χ1) is 7.75. The van der Waals surface area contributed by atoms with Crippen LogP contribution in [0.25, 0.3) is 0 Å². The topological polar surface area (TPSA) is 43.8 Å². The summed E-state index contributed by atoms with van der Waals surface area (Å²) >= 11 is 0. The lowest BCUT2D eigenvalue weighted by atomic mass is 10.1. The first-order valence-electron chi connectivity index (χ1n) is 6.39. The fraction of sp³-hybridized carbons (Fsp3) is 0.923.